The summed E-state index contributed by atoms with van der Waals surface area (Å²) in [5, 5.41) is 2.66. The van der Waals surface area contributed by atoms with E-state index in [0.29, 0.717) is 18.8 Å². The van der Waals surface area contributed by atoms with Crippen LogP contribution in [0.2, 0.25) is 0 Å². The SMILES string of the molecule is COCCNC(=O)c1cccc(S(=O)(=O)Nc2ccc(C)c(C)c2)c1. The molecule has 0 fully saturated rings. The second-order valence-corrected chi connectivity index (χ2v) is 7.36. The van der Waals surface area contributed by atoms with E-state index < -0.39 is 10.0 Å². The number of carbonyl (C=O) groups is 1. The summed E-state index contributed by atoms with van der Waals surface area (Å²) in [5.74, 6) is -0.347. The number of anilines is 1. The summed E-state index contributed by atoms with van der Waals surface area (Å²) >= 11 is 0. The van der Waals surface area contributed by atoms with Crippen molar-refractivity contribution < 1.29 is 17.9 Å². The Balaban J connectivity index is 2.20. The molecule has 0 radical (unpaired) electrons. The molecule has 0 atom stereocenters. The lowest BCUT2D eigenvalue weighted by Gasteiger charge is -2.11. The van der Waals surface area contributed by atoms with Crippen molar-refractivity contribution in [3.05, 3.63) is 59.2 Å². The molecule has 7 heteroatoms. The van der Waals surface area contributed by atoms with Crippen LogP contribution in [0.25, 0.3) is 0 Å². The number of methoxy groups -OCH3 is 1. The maximum Gasteiger partial charge on any atom is 0.261 e. The summed E-state index contributed by atoms with van der Waals surface area (Å²) < 4.78 is 32.6. The summed E-state index contributed by atoms with van der Waals surface area (Å²) in [6, 6.07) is 11.3. The van der Waals surface area contributed by atoms with Crippen LogP contribution < -0.4 is 10.0 Å². The van der Waals surface area contributed by atoms with Crippen LogP contribution in [0.5, 0.6) is 0 Å². The molecule has 0 saturated heterocycles. The molecule has 25 heavy (non-hydrogen) atoms. The number of rotatable bonds is 7. The Kier molecular flexibility index (Phi) is 6.17. The standard InChI is InChI=1S/C18H22N2O4S/c1-13-7-8-16(11-14(13)2)20-25(22,23)17-6-4-5-15(12-17)18(21)19-9-10-24-3/h4-8,11-12,20H,9-10H2,1-3H3,(H,19,21). The average molecular weight is 362 g/mol. The fourth-order valence-corrected chi connectivity index (χ4v) is 3.29. The number of hydrogen-bond acceptors (Lipinski definition) is 4. The number of nitrogens with one attached hydrogen (secondary N) is 2. The minimum atomic E-state index is -3.78. The van der Waals surface area contributed by atoms with Gasteiger partial charge in [0.05, 0.1) is 11.5 Å². The second-order valence-electron chi connectivity index (χ2n) is 5.68. The second kappa shape index (κ2) is 8.13. The molecule has 134 valence electrons. The minimum Gasteiger partial charge on any atom is -0.383 e. The van der Waals surface area contributed by atoms with E-state index >= 15 is 0 Å². The predicted molar refractivity (Wildman–Crippen MR) is 97.4 cm³/mol. The van der Waals surface area contributed by atoms with E-state index in [4.69, 9.17) is 4.74 Å². The third-order valence-corrected chi connectivity index (χ3v) is 5.14. The van der Waals surface area contributed by atoms with Crippen LogP contribution in [0.15, 0.2) is 47.4 Å². The van der Waals surface area contributed by atoms with E-state index in [-0.39, 0.29) is 16.4 Å². The molecule has 1 amide bonds. The Labute approximate surface area is 148 Å². The summed E-state index contributed by atoms with van der Waals surface area (Å²) in [6.07, 6.45) is 0. The summed E-state index contributed by atoms with van der Waals surface area (Å²) in [4.78, 5) is 12.1. The Morgan fingerprint density at radius 2 is 1.84 bits per heavy atom. The van der Waals surface area contributed by atoms with Crippen molar-refractivity contribution in [2.75, 3.05) is 25.0 Å². The third kappa shape index (κ3) is 5.04. The number of hydrogen-bond donors (Lipinski definition) is 2. The van der Waals surface area contributed by atoms with E-state index in [1.54, 1.807) is 24.3 Å². The zero-order valence-electron chi connectivity index (χ0n) is 14.5. The van der Waals surface area contributed by atoms with Crippen LogP contribution >= 0.6 is 0 Å². The lowest BCUT2D eigenvalue weighted by atomic mass is 10.1. The van der Waals surface area contributed by atoms with Crippen molar-refractivity contribution in [3.8, 4) is 0 Å². The van der Waals surface area contributed by atoms with Gasteiger partial charge in [0.1, 0.15) is 0 Å². The Hall–Kier alpha value is -2.38. The highest BCUT2D eigenvalue weighted by molar-refractivity contribution is 7.92. The van der Waals surface area contributed by atoms with Gasteiger partial charge in [-0.25, -0.2) is 8.42 Å². The summed E-state index contributed by atoms with van der Waals surface area (Å²) in [6.45, 7) is 4.61. The lowest BCUT2D eigenvalue weighted by Crippen LogP contribution is -2.27. The predicted octanol–water partition coefficient (Wildman–Crippen LogP) is 2.48. The van der Waals surface area contributed by atoms with Gasteiger partial charge in [-0.1, -0.05) is 12.1 Å². The quantitative estimate of drug-likeness (QED) is 0.741. The van der Waals surface area contributed by atoms with Crippen LogP contribution in [0.3, 0.4) is 0 Å². The fourth-order valence-electron chi connectivity index (χ4n) is 2.19. The highest BCUT2D eigenvalue weighted by Gasteiger charge is 2.16. The number of sulfonamides is 1. The molecule has 0 unspecified atom stereocenters. The number of ether oxygens (including phenoxy) is 1. The van der Waals surface area contributed by atoms with E-state index in [1.165, 1.54) is 19.2 Å². The summed E-state index contributed by atoms with van der Waals surface area (Å²) in [7, 11) is -2.24. The first kappa shape index (κ1) is 19.0. The van der Waals surface area contributed by atoms with Gasteiger partial charge in [-0.15, -0.1) is 0 Å². The smallest absolute Gasteiger partial charge is 0.261 e. The highest BCUT2D eigenvalue weighted by Crippen LogP contribution is 2.19. The van der Waals surface area contributed by atoms with Gasteiger partial charge in [-0.05, 0) is 55.3 Å². The normalized spacial score (nSPS) is 11.2. The molecule has 0 aliphatic heterocycles. The van der Waals surface area contributed by atoms with Gasteiger partial charge in [0.25, 0.3) is 15.9 Å². The van der Waals surface area contributed by atoms with Gasteiger partial charge in [0.15, 0.2) is 0 Å². The van der Waals surface area contributed by atoms with Gasteiger partial charge in [0, 0.05) is 24.9 Å². The molecule has 0 heterocycles. The highest BCUT2D eigenvalue weighted by atomic mass is 32.2. The molecule has 0 spiro atoms. The molecule has 2 aromatic carbocycles. The Bertz CT molecular complexity index is 863. The summed E-state index contributed by atoms with van der Waals surface area (Å²) in [5.41, 5.74) is 2.83. The molecule has 0 saturated carbocycles. The Morgan fingerprint density at radius 1 is 1.08 bits per heavy atom. The fraction of sp³-hybridized carbons (Fsp3) is 0.278. The topological polar surface area (TPSA) is 84.5 Å². The van der Waals surface area contributed by atoms with Gasteiger partial charge >= 0.3 is 0 Å². The minimum absolute atomic E-state index is 0.0325. The van der Waals surface area contributed by atoms with E-state index in [0.717, 1.165) is 11.1 Å². The van der Waals surface area contributed by atoms with Crippen LogP contribution in [0.1, 0.15) is 21.5 Å². The van der Waals surface area contributed by atoms with Crippen LogP contribution in [-0.2, 0) is 14.8 Å². The van der Waals surface area contributed by atoms with Gasteiger partial charge < -0.3 is 10.1 Å². The first-order valence-electron chi connectivity index (χ1n) is 7.81. The van der Waals surface area contributed by atoms with Gasteiger partial charge in [-0.2, -0.15) is 0 Å². The van der Waals surface area contributed by atoms with Crippen molar-refractivity contribution in [2.24, 2.45) is 0 Å². The maximum absolute atomic E-state index is 12.6. The zero-order valence-corrected chi connectivity index (χ0v) is 15.3. The monoisotopic (exact) mass is 362 g/mol. The number of amides is 1. The van der Waals surface area contributed by atoms with Crippen molar-refractivity contribution >= 4 is 21.6 Å². The molecule has 0 aromatic heterocycles. The Morgan fingerprint density at radius 3 is 2.52 bits per heavy atom. The average Bonchev–Trinajstić information content (AvgIpc) is 2.58. The lowest BCUT2D eigenvalue weighted by molar-refractivity contribution is 0.0937. The molecule has 2 rings (SSSR count). The van der Waals surface area contributed by atoms with Gasteiger partial charge in [0.2, 0.25) is 0 Å². The zero-order chi connectivity index (χ0) is 18.4. The molecule has 0 aliphatic rings. The third-order valence-electron chi connectivity index (χ3n) is 3.76. The molecule has 6 nitrogen and oxygen atoms in total. The number of aryl methyl sites for hydroxylation is 2. The van der Waals surface area contributed by atoms with E-state index in [9.17, 15) is 13.2 Å². The molecular weight excluding hydrogens is 340 g/mol. The molecule has 0 aliphatic carbocycles. The van der Waals surface area contributed by atoms with Crippen LogP contribution in [0.4, 0.5) is 5.69 Å². The molecular formula is C18H22N2O4S. The largest absolute Gasteiger partial charge is 0.383 e. The van der Waals surface area contributed by atoms with E-state index in [1.807, 2.05) is 19.9 Å². The van der Waals surface area contributed by atoms with Crippen LogP contribution in [-0.4, -0.2) is 34.6 Å². The molecule has 0 bridgehead atoms. The van der Waals surface area contributed by atoms with Crippen molar-refractivity contribution in [1.82, 2.24) is 5.32 Å². The maximum atomic E-state index is 12.6. The van der Waals surface area contributed by atoms with Gasteiger partial charge in [-0.3, -0.25) is 9.52 Å². The van der Waals surface area contributed by atoms with Crippen molar-refractivity contribution in [3.63, 3.8) is 0 Å². The van der Waals surface area contributed by atoms with Crippen molar-refractivity contribution in [2.45, 2.75) is 18.7 Å². The molecule has 2 N–H and O–H groups in total. The first-order chi connectivity index (χ1) is 11.8. The van der Waals surface area contributed by atoms with Crippen LogP contribution in [0, 0.1) is 13.8 Å². The van der Waals surface area contributed by atoms with E-state index in [2.05, 4.69) is 10.0 Å². The number of carbonyl (C=O) groups excluding carboxylic acids is 1. The molecule has 2 aromatic rings. The first-order valence-corrected chi connectivity index (χ1v) is 9.29. The number of benzene rings is 2. The van der Waals surface area contributed by atoms with Crippen molar-refractivity contribution in [1.29, 1.82) is 0 Å².